The minimum absolute atomic E-state index is 0. The molecule has 0 aliphatic heterocycles. The minimum Gasteiger partial charge on any atom is -0.508 e. The molecule has 0 aliphatic rings. The van der Waals surface area contributed by atoms with E-state index < -0.39 is 0 Å². The molecular weight excluding hydrogens is 929 g/mol. The summed E-state index contributed by atoms with van der Waals surface area (Å²) >= 11 is 1.71. The van der Waals surface area contributed by atoms with E-state index in [0.717, 1.165) is 50.9 Å². The van der Waals surface area contributed by atoms with Crippen molar-refractivity contribution in [2.45, 2.75) is 54.9 Å². The first-order chi connectivity index (χ1) is 33.2. The molecule has 73 heavy (non-hydrogen) atoms. The Hall–Kier alpha value is -8.53. The van der Waals surface area contributed by atoms with Crippen molar-refractivity contribution in [3.05, 3.63) is 232 Å². The molecule has 0 saturated heterocycles. The van der Waals surface area contributed by atoms with Crippen LogP contribution in [-0.4, -0.2) is 47.1 Å². The Morgan fingerprint density at radius 2 is 0.562 bits per heavy atom. The normalized spacial score (nSPS) is 10.3. The Labute approximate surface area is 437 Å². The minimum atomic E-state index is 0. The van der Waals surface area contributed by atoms with E-state index in [9.17, 15) is 40.9 Å². The van der Waals surface area contributed by atoms with Crippen molar-refractivity contribution < 1.29 is 40.9 Å². The van der Waals surface area contributed by atoms with Crippen LogP contribution in [0, 0.1) is 6.92 Å². The molecule has 8 rings (SSSR count). The summed E-state index contributed by atoms with van der Waals surface area (Å²) in [5.41, 5.74) is 9.92. The summed E-state index contributed by atoms with van der Waals surface area (Å²) < 4.78 is 0. The molecule has 8 aromatic carbocycles. The fourth-order valence-electron chi connectivity index (χ4n) is 6.45. The van der Waals surface area contributed by atoms with Gasteiger partial charge in [-0.25, -0.2) is 0 Å². The molecule has 0 aromatic heterocycles. The lowest BCUT2D eigenvalue weighted by Crippen LogP contribution is -1.79. The van der Waals surface area contributed by atoms with Gasteiger partial charge in [-0.1, -0.05) is 182 Å². The number of thioether (sulfide) groups is 1. The zero-order valence-corrected chi connectivity index (χ0v) is 39.4. The second-order valence-electron chi connectivity index (χ2n) is 15.7. The van der Waals surface area contributed by atoms with Gasteiger partial charge in [-0.05, 0) is 130 Å². The topological polar surface area (TPSA) is 162 Å². The molecule has 0 unspecified atom stereocenters. The number of hydrogen-bond donors (Lipinski definition) is 8. The second-order valence-corrected chi connectivity index (χ2v) is 16.5. The van der Waals surface area contributed by atoms with Crippen LogP contribution in [0.4, 0.5) is 0 Å². The molecule has 8 nitrogen and oxygen atoms in total. The molecule has 0 spiro atoms. The van der Waals surface area contributed by atoms with Crippen LogP contribution >= 0.6 is 11.8 Å². The Kier molecular flexibility index (Phi) is 27.7. The van der Waals surface area contributed by atoms with Gasteiger partial charge in [-0.15, -0.1) is 11.8 Å². The monoisotopic (exact) mass is 1000 g/mol. The molecule has 0 saturated carbocycles. The summed E-state index contributed by atoms with van der Waals surface area (Å²) in [6.07, 6.45) is 18.2. The molecule has 0 atom stereocenters. The van der Waals surface area contributed by atoms with E-state index in [2.05, 4.69) is 43.3 Å². The van der Waals surface area contributed by atoms with Crippen molar-refractivity contribution in [1.29, 1.82) is 0 Å². The summed E-state index contributed by atoms with van der Waals surface area (Å²) in [6.45, 7) is 4.17. The summed E-state index contributed by atoms with van der Waals surface area (Å²) in [7, 11) is 0. The van der Waals surface area contributed by atoms with E-state index in [1.807, 2.05) is 129 Å². The summed E-state index contributed by atoms with van der Waals surface area (Å²) in [4.78, 5) is 1.22. The number of phenolic OH excluding ortho intramolecular Hbond substituents is 8. The highest BCUT2D eigenvalue weighted by Crippen LogP contribution is 2.26. The average molecular weight is 1000 g/mol. The third-order valence-corrected chi connectivity index (χ3v) is 10.7. The number of benzene rings is 8. The van der Waals surface area contributed by atoms with Crippen LogP contribution in [0.1, 0.15) is 92.3 Å². The van der Waals surface area contributed by atoms with Crippen LogP contribution in [0.3, 0.4) is 0 Å². The van der Waals surface area contributed by atoms with Crippen LogP contribution in [0.5, 0.6) is 46.0 Å². The second kappa shape index (κ2) is 32.4. The van der Waals surface area contributed by atoms with Crippen molar-refractivity contribution in [3.8, 4) is 46.0 Å². The van der Waals surface area contributed by atoms with Gasteiger partial charge in [0.15, 0.2) is 0 Å². The summed E-state index contributed by atoms with van der Waals surface area (Å²) in [5, 5.41) is 74.7. The lowest BCUT2D eigenvalue weighted by Gasteiger charge is -1.99. The van der Waals surface area contributed by atoms with Gasteiger partial charge in [0.05, 0.1) is 0 Å². The van der Waals surface area contributed by atoms with Gasteiger partial charge in [0.1, 0.15) is 46.0 Å². The van der Waals surface area contributed by atoms with Gasteiger partial charge >= 0.3 is 0 Å². The van der Waals surface area contributed by atoms with Crippen LogP contribution in [0.25, 0.3) is 48.6 Å². The molecule has 382 valence electrons. The van der Waals surface area contributed by atoms with Gasteiger partial charge in [0, 0.05) is 29.2 Å². The van der Waals surface area contributed by atoms with E-state index in [0.29, 0.717) is 0 Å². The van der Waals surface area contributed by atoms with Crippen molar-refractivity contribution in [1.82, 2.24) is 0 Å². The smallest absolute Gasteiger partial charge is 0.119 e. The molecule has 8 aromatic rings. The predicted octanol–water partition coefficient (Wildman–Crippen LogP) is 17.2. The number of hydrogen-bond acceptors (Lipinski definition) is 9. The quantitative estimate of drug-likeness (QED) is 0.0492. The molecule has 0 heterocycles. The molecule has 0 bridgehead atoms. The number of aryl methyl sites for hydroxylation is 2. The van der Waals surface area contributed by atoms with Gasteiger partial charge in [0.2, 0.25) is 0 Å². The molecule has 0 aliphatic carbocycles. The largest absolute Gasteiger partial charge is 0.508 e. The standard InChI is InChI=1S/C16H16O2.C15H14O2S.C15H14O2.C14H12O2.4CH4/c1-2-12-3-5-13(6-4-12)7-8-14-9-15(17)11-16(18)10-14;1-18-15-6-4-11(5-7-15)2-3-12-8-13(16)10-14(17)9-12;1-11-2-4-12(5-3-11)6-7-13-8-14(16)10-15(17)9-13;15-13-8-12(9-14(16)10-13)7-6-11-4-2-1-3-5-11;;;;/h3-11,17-18H,2H2,1H3;2-10,16-17H,1H3;2-10,16-17H,1H3;1-10,15-16H;4*1H4/b8-7+;3-2+;2*7-6+;;;;. The van der Waals surface area contributed by atoms with Crippen molar-refractivity contribution in [3.63, 3.8) is 0 Å². The fourth-order valence-corrected chi connectivity index (χ4v) is 6.86. The van der Waals surface area contributed by atoms with E-state index in [1.54, 1.807) is 60.3 Å². The number of aromatic hydroxyl groups is 8. The maximum atomic E-state index is 9.37. The molecule has 0 fully saturated rings. The van der Waals surface area contributed by atoms with Gasteiger partial charge in [-0.2, -0.15) is 0 Å². The van der Waals surface area contributed by atoms with Crippen molar-refractivity contribution in [2.24, 2.45) is 0 Å². The Bertz CT molecular complexity index is 2790. The first-order valence-electron chi connectivity index (χ1n) is 21.9. The van der Waals surface area contributed by atoms with Gasteiger partial charge < -0.3 is 40.9 Å². The zero-order valence-electron chi connectivity index (χ0n) is 38.6. The highest BCUT2D eigenvalue weighted by atomic mass is 32.2. The van der Waals surface area contributed by atoms with Crippen LogP contribution in [0.2, 0.25) is 0 Å². The Balaban J connectivity index is 0.000000478. The lowest BCUT2D eigenvalue weighted by atomic mass is 10.1. The highest BCUT2D eigenvalue weighted by Gasteiger charge is 2.00. The van der Waals surface area contributed by atoms with Crippen molar-refractivity contribution >= 4 is 60.4 Å². The first-order valence-corrected chi connectivity index (χ1v) is 23.1. The number of phenols is 8. The lowest BCUT2D eigenvalue weighted by molar-refractivity contribution is 0.449. The molecule has 0 radical (unpaired) electrons. The van der Waals surface area contributed by atoms with E-state index in [1.165, 1.54) is 40.3 Å². The molecule has 0 amide bonds. The Morgan fingerprint density at radius 1 is 0.315 bits per heavy atom. The maximum absolute atomic E-state index is 9.37. The third kappa shape index (κ3) is 23.3. The Morgan fingerprint density at radius 3 is 0.836 bits per heavy atom. The van der Waals surface area contributed by atoms with Crippen LogP contribution in [-0.2, 0) is 6.42 Å². The third-order valence-electron chi connectivity index (χ3n) is 9.95. The SMILES string of the molecule is C.C.C.C.CCc1ccc(/C=C/c2cc(O)cc(O)c2)cc1.CSc1ccc(/C=C/c2cc(O)cc(O)c2)cc1.Cc1ccc(/C=C/c2cc(O)cc(O)c2)cc1.Oc1cc(O)cc(/C=C/c2ccccc2)c1. The maximum Gasteiger partial charge on any atom is 0.119 e. The van der Waals surface area contributed by atoms with Crippen LogP contribution in [0.15, 0.2) is 181 Å². The molecule has 8 N–H and O–H groups in total. The number of rotatable bonds is 10. The fraction of sp³-hybridized carbons (Fsp3) is 0.125. The van der Waals surface area contributed by atoms with E-state index in [-0.39, 0.29) is 75.7 Å². The summed E-state index contributed by atoms with van der Waals surface area (Å²) in [5.74, 6) is 0.509. The van der Waals surface area contributed by atoms with E-state index in [4.69, 9.17) is 0 Å². The van der Waals surface area contributed by atoms with Crippen LogP contribution < -0.4 is 0 Å². The van der Waals surface area contributed by atoms with Gasteiger partial charge in [0.25, 0.3) is 0 Å². The first kappa shape index (κ1) is 62.5. The van der Waals surface area contributed by atoms with Crippen molar-refractivity contribution in [2.75, 3.05) is 6.26 Å². The zero-order chi connectivity index (χ0) is 49.5. The predicted molar refractivity (Wildman–Crippen MR) is 313 cm³/mol. The highest BCUT2D eigenvalue weighted by molar-refractivity contribution is 7.98. The van der Waals surface area contributed by atoms with E-state index >= 15 is 0 Å². The molecular formula is C64H72O8S. The summed E-state index contributed by atoms with van der Waals surface area (Å²) in [6, 6.07) is 52.5. The average Bonchev–Trinajstić information content (AvgIpc) is 3.32. The van der Waals surface area contributed by atoms with Gasteiger partial charge in [-0.3, -0.25) is 0 Å². The molecule has 9 heteroatoms.